The molecule has 2 aromatic heterocycles. The van der Waals surface area contributed by atoms with E-state index in [0.717, 1.165) is 47.9 Å². The van der Waals surface area contributed by atoms with Gasteiger partial charge in [0.2, 0.25) is 5.91 Å². The third-order valence-corrected chi connectivity index (χ3v) is 6.44. The quantitative estimate of drug-likeness (QED) is 0.622. The number of likely N-dealkylation sites (tertiary alicyclic amines) is 2. The number of nitrogens with zero attached hydrogens (tertiary/aromatic N) is 4. The fourth-order valence-corrected chi connectivity index (χ4v) is 4.97. The number of benzene rings is 1. The summed E-state index contributed by atoms with van der Waals surface area (Å²) in [5, 5.41) is 0.580. The first kappa shape index (κ1) is 18.3. The lowest BCUT2D eigenvalue weighted by Gasteiger charge is -2.33. The van der Waals surface area contributed by atoms with Crippen LogP contribution in [0, 0.1) is 0 Å². The summed E-state index contributed by atoms with van der Waals surface area (Å²) in [6.07, 6.45) is 2.84. The number of amides is 1. The molecule has 2 aliphatic heterocycles. The van der Waals surface area contributed by atoms with Gasteiger partial charge in [-0.25, -0.2) is 9.97 Å². The van der Waals surface area contributed by atoms with Crippen LogP contribution in [-0.4, -0.2) is 64.0 Å². The molecule has 7 nitrogen and oxygen atoms in total. The molecule has 150 valence electrons. The van der Waals surface area contributed by atoms with Crippen LogP contribution < -0.4 is 9.47 Å². The Labute approximate surface area is 172 Å². The molecule has 2 unspecified atom stereocenters. The third-order valence-electron chi connectivity index (χ3n) is 5.58. The molecule has 2 bridgehead atoms. The molecule has 3 aromatic rings. The van der Waals surface area contributed by atoms with Gasteiger partial charge in [0.1, 0.15) is 28.5 Å². The van der Waals surface area contributed by atoms with E-state index in [-0.39, 0.29) is 5.91 Å². The van der Waals surface area contributed by atoms with Crippen LogP contribution in [0.25, 0.3) is 10.3 Å². The van der Waals surface area contributed by atoms with E-state index in [9.17, 15) is 4.79 Å². The number of hydrogen-bond donors (Lipinski definition) is 0. The van der Waals surface area contributed by atoms with Crippen molar-refractivity contribution in [2.75, 3.05) is 26.2 Å². The molecule has 0 saturated carbocycles. The van der Waals surface area contributed by atoms with Gasteiger partial charge in [0.15, 0.2) is 0 Å². The Kier molecular flexibility index (Phi) is 4.81. The van der Waals surface area contributed by atoms with Crippen molar-refractivity contribution in [2.24, 2.45) is 0 Å². The molecule has 8 heteroatoms. The Morgan fingerprint density at radius 1 is 1.17 bits per heavy atom. The van der Waals surface area contributed by atoms with Crippen LogP contribution in [0.3, 0.4) is 0 Å². The second kappa shape index (κ2) is 7.61. The van der Waals surface area contributed by atoms with Crippen LogP contribution in [-0.2, 0) is 4.79 Å². The van der Waals surface area contributed by atoms with Gasteiger partial charge in [-0.2, -0.15) is 0 Å². The van der Waals surface area contributed by atoms with Gasteiger partial charge < -0.3 is 14.4 Å². The number of hydrogen-bond acceptors (Lipinski definition) is 7. The van der Waals surface area contributed by atoms with E-state index in [1.54, 1.807) is 13.1 Å². The maximum atomic E-state index is 11.6. The molecule has 2 atom stereocenters. The molecular formula is C21H22N4O3S. The highest BCUT2D eigenvalue weighted by Crippen LogP contribution is 2.31. The maximum absolute atomic E-state index is 11.6. The third kappa shape index (κ3) is 3.77. The molecule has 29 heavy (non-hydrogen) atoms. The predicted octanol–water partition coefficient (Wildman–Crippen LogP) is 3.17. The second-order valence-electron chi connectivity index (χ2n) is 7.44. The minimum absolute atomic E-state index is 0.192. The molecular weight excluding hydrogens is 388 g/mol. The van der Waals surface area contributed by atoms with Crippen molar-refractivity contribution in [2.45, 2.75) is 25.4 Å². The number of ether oxygens (including phenoxy) is 2. The van der Waals surface area contributed by atoms with E-state index in [1.165, 1.54) is 11.3 Å². The van der Waals surface area contributed by atoms with Crippen molar-refractivity contribution in [3.05, 3.63) is 42.6 Å². The number of rotatable bonds is 6. The van der Waals surface area contributed by atoms with Crippen LogP contribution in [0.4, 0.5) is 0 Å². The van der Waals surface area contributed by atoms with Crippen LogP contribution in [0.15, 0.2) is 42.6 Å². The monoisotopic (exact) mass is 410 g/mol. The second-order valence-corrected chi connectivity index (χ2v) is 8.38. The van der Waals surface area contributed by atoms with E-state index < -0.39 is 0 Å². The lowest BCUT2D eigenvalue weighted by atomic mass is 10.2. The van der Waals surface area contributed by atoms with Gasteiger partial charge in [-0.3, -0.25) is 9.69 Å². The molecule has 2 saturated heterocycles. The smallest absolute Gasteiger partial charge is 0.281 e. The normalized spacial score (nSPS) is 21.1. The van der Waals surface area contributed by atoms with Crippen LogP contribution in [0.5, 0.6) is 16.7 Å². The minimum atomic E-state index is 0.192. The van der Waals surface area contributed by atoms with Crippen LogP contribution >= 0.6 is 11.3 Å². The fraction of sp³-hybridized carbons (Fsp3) is 0.381. The highest BCUT2D eigenvalue weighted by molar-refractivity contribution is 7.19. The zero-order chi connectivity index (χ0) is 19.8. The summed E-state index contributed by atoms with van der Waals surface area (Å²) in [6, 6.07) is 12.2. The minimum Gasteiger partial charge on any atom is -0.492 e. The molecule has 1 aromatic carbocycles. The summed E-state index contributed by atoms with van der Waals surface area (Å²) < 4.78 is 11.7. The molecule has 0 radical (unpaired) electrons. The lowest BCUT2D eigenvalue weighted by molar-refractivity contribution is -0.131. The van der Waals surface area contributed by atoms with Crippen molar-refractivity contribution >= 4 is 27.6 Å². The van der Waals surface area contributed by atoms with Gasteiger partial charge in [-0.1, -0.05) is 11.3 Å². The van der Waals surface area contributed by atoms with E-state index in [1.807, 2.05) is 41.3 Å². The van der Waals surface area contributed by atoms with Gasteiger partial charge in [-0.05, 0) is 42.8 Å². The number of carbonyl (C=O) groups excluding carboxylic acids is 1. The Morgan fingerprint density at radius 2 is 2.00 bits per heavy atom. The van der Waals surface area contributed by atoms with E-state index in [4.69, 9.17) is 9.47 Å². The number of fused-ring (bicyclic) bond motifs is 3. The molecule has 5 rings (SSSR count). The van der Waals surface area contributed by atoms with Crippen molar-refractivity contribution in [3.63, 3.8) is 0 Å². The van der Waals surface area contributed by atoms with Crippen molar-refractivity contribution in [1.82, 2.24) is 19.8 Å². The van der Waals surface area contributed by atoms with Crippen molar-refractivity contribution < 1.29 is 14.3 Å². The van der Waals surface area contributed by atoms with Gasteiger partial charge in [0, 0.05) is 44.8 Å². The lowest BCUT2D eigenvalue weighted by Crippen LogP contribution is -2.48. The Hall–Kier alpha value is -2.71. The Morgan fingerprint density at radius 3 is 2.72 bits per heavy atom. The van der Waals surface area contributed by atoms with E-state index >= 15 is 0 Å². The largest absolute Gasteiger partial charge is 0.492 e. The molecule has 2 aliphatic rings. The average molecular weight is 410 g/mol. The molecule has 0 spiro atoms. The zero-order valence-electron chi connectivity index (χ0n) is 16.2. The summed E-state index contributed by atoms with van der Waals surface area (Å²) in [7, 11) is 0. The summed E-state index contributed by atoms with van der Waals surface area (Å²) in [5.74, 6) is 1.73. The van der Waals surface area contributed by atoms with Gasteiger partial charge >= 0.3 is 0 Å². The maximum Gasteiger partial charge on any atom is 0.281 e. The first-order valence-corrected chi connectivity index (χ1v) is 10.6. The summed E-state index contributed by atoms with van der Waals surface area (Å²) in [6.45, 7) is 4.98. The number of aromatic nitrogens is 2. The SMILES string of the molecule is CC(=O)N1CC2CC1CN2CCOc1ccc(Oc2nc3cccnc3s2)cc1. The predicted molar refractivity (Wildman–Crippen MR) is 111 cm³/mol. The number of carbonyl (C=O) groups is 1. The summed E-state index contributed by atoms with van der Waals surface area (Å²) in [5.41, 5.74) is 0.842. The van der Waals surface area contributed by atoms with Gasteiger partial charge in [0.05, 0.1) is 0 Å². The average Bonchev–Trinajstić information content (AvgIpc) is 3.42. The summed E-state index contributed by atoms with van der Waals surface area (Å²) >= 11 is 1.43. The Balaban J connectivity index is 1.11. The van der Waals surface area contributed by atoms with Gasteiger partial charge in [-0.15, -0.1) is 0 Å². The summed E-state index contributed by atoms with van der Waals surface area (Å²) in [4.78, 5) is 25.6. The fourth-order valence-electron chi connectivity index (χ4n) is 4.19. The molecule has 0 aliphatic carbocycles. The van der Waals surface area contributed by atoms with Crippen molar-refractivity contribution in [1.29, 1.82) is 0 Å². The van der Waals surface area contributed by atoms with Crippen molar-refractivity contribution in [3.8, 4) is 16.7 Å². The van der Waals surface area contributed by atoms with E-state index in [0.29, 0.717) is 23.9 Å². The van der Waals surface area contributed by atoms with Gasteiger partial charge in [0.25, 0.3) is 5.19 Å². The highest BCUT2D eigenvalue weighted by atomic mass is 32.1. The standard InChI is InChI=1S/C21H22N4O3S/c1-14(26)25-13-15-11-16(25)12-24(15)9-10-27-17-4-6-18(7-5-17)28-21-23-19-3-2-8-22-20(19)29-21/h2-8,15-16H,9-13H2,1H3. The molecule has 0 N–H and O–H groups in total. The Bertz CT molecular complexity index is 989. The van der Waals surface area contributed by atoms with Crippen LogP contribution in [0.1, 0.15) is 13.3 Å². The molecule has 4 heterocycles. The number of piperazine rings is 1. The zero-order valence-corrected chi connectivity index (χ0v) is 17.0. The topological polar surface area (TPSA) is 67.8 Å². The van der Waals surface area contributed by atoms with E-state index in [2.05, 4.69) is 14.9 Å². The molecule has 1 amide bonds. The first-order chi connectivity index (χ1) is 14.2. The number of thiazole rings is 1. The highest BCUT2D eigenvalue weighted by Gasteiger charge is 2.43. The van der Waals surface area contributed by atoms with Crippen LogP contribution in [0.2, 0.25) is 0 Å². The number of pyridine rings is 1. The first-order valence-electron chi connectivity index (χ1n) is 9.79. The molecule has 2 fully saturated rings.